The van der Waals surface area contributed by atoms with Crippen LogP contribution in [0, 0.1) is 0 Å². The minimum atomic E-state index is -0.224. The standard InChI is InChI=1S/C8H13NO/c1-4-6-9-8(5-2)7(3)10/h4-5,8-9H,1-2,6H2,3H3/i6+2,7+2. The van der Waals surface area contributed by atoms with Crippen molar-refractivity contribution in [3.63, 3.8) is 0 Å². The van der Waals surface area contributed by atoms with Gasteiger partial charge in [-0.2, -0.15) is 0 Å². The zero-order valence-corrected chi connectivity index (χ0v) is 6.26. The number of hydrogen-bond donors (Lipinski definition) is 1. The molecule has 0 radical (unpaired) electrons. The summed E-state index contributed by atoms with van der Waals surface area (Å²) in [5.41, 5.74) is 0. The summed E-state index contributed by atoms with van der Waals surface area (Å²) in [6.45, 7) is 9.20. The molecule has 0 rings (SSSR count). The van der Waals surface area contributed by atoms with Gasteiger partial charge in [-0.25, -0.2) is 0 Å². The Morgan fingerprint density at radius 2 is 2.30 bits per heavy atom. The summed E-state index contributed by atoms with van der Waals surface area (Å²) >= 11 is 0. The molecule has 0 spiro atoms. The van der Waals surface area contributed by atoms with Gasteiger partial charge in [-0.05, 0) is 6.92 Å². The fourth-order valence-electron chi connectivity index (χ4n) is 0.603. The van der Waals surface area contributed by atoms with Gasteiger partial charge in [0.15, 0.2) is 5.78 Å². The topological polar surface area (TPSA) is 29.1 Å². The zero-order valence-electron chi connectivity index (χ0n) is 6.26. The van der Waals surface area contributed by atoms with Crippen LogP contribution in [-0.2, 0) is 4.79 Å². The van der Waals surface area contributed by atoms with Crippen LogP contribution in [0.25, 0.3) is 0 Å². The molecule has 0 fully saturated rings. The lowest BCUT2D eigenvalue weighted by Crippen LogP contribution is -2.33. The van der Waals surface area contributed by atoms with Gasteiger partial charge >= 0.3 is 0 Å². The van der Waals surface area contributed by atoms with Crippen molar-refractivity contribution in [1.29, 1.82) is 0 Å². The van der Waals surface area contributed by atoms with E-state index in [1.54, 1.807) is 12.2 Å². The molecule has 0 aromatic carbocycles. The van der Waals surface area contributed by atoms with Crippen LogP contribution in [0.5, 0.6) is 0 Å². The monoisotopic (exact) mass is 143 g/mol. The average molecular weight is 143 g/mol. The van der Waals surface area contributed by atoms with Crippen LogP contribution < -0.4 is 5.32 Å². The Balaban J connectivity index is 3.71. The van der Waals surface area contributed by atoms with Gasteiger partial charge in [0, 0.05) is 6.54 Å². The van der Waals surface area contributed by atoms with Gasteiger partial charge in [0.2, 0.25) is 0 Å². The maximum Gasteiger partial charge on any atom is 0.150 e. The minimum Gasteiger partial charge on any atom is -0.301 e. The molecule has 0 heterocycles. The maximum atomic E-state index is 10.7. The van der Waals surface area contributed by atoms with E-state index in [0.717, 1.165) is 0 Å². The van der Waals surface area contributed by atoms with E-state index in [2.05, 4.69) is 18.5 Å². The molecule has 0 saturated carbocycles. The summed E-state index contributed by atoms with van der Waals surface area (Å²) in [5.74, 6) is 0.0804. The third kappa shape index (κ3) is 3.20. The van der Waals surface area contributed by atoms with E-state index in [1.807, 2.05) is 0 Å². The molecule has 1 N–H and O–H groups in total. The van der Waals surface area contributed by atoms with Crippen LogP contribution >= 0.6 is 0 Å². The molecule has 0 saturated heterocycles. The number of rotatable bonds is 5. The van der Waals surface area contributed by atoms with Gasteiger partial charge in [0.05, 0.1) is 6.04 Å². The first-order valence-corrected chi connectivity index (χ1v) is 3.19. The molecule has 1 atom stereocenters. The predicted molar refractivity (Wildman–Crippen MR) is 42.9 cm³/mol. The van der Waals surface area contributed by atoms with Crippen molar-refractivity contribution in [2.45, 2.75) is 13.0 Å². The van der Waals surface area contributed by atoms with Crippen molar-refractivity contribution in [2.24, 2.45) is 0 Å². The van der Waals surface area contributed by atoms with E-state index < -0.39 is 0 Å². The van der Waals surface area contributed by atoms with Crippen LogP contribution in [-0.4, -0.2) is 18.4 Å². The molecular formula is C8H13NO. The first kappa shape index (κ1) is 9.11. The molecular weight excluding hydrogens is 130 g/mol. The van der Waals surface area contributed by atoms with Crippen molar-refractivity contribution >= 4 is 5.78 Å². The maximum absolute atomic E-state index is 10.7. The number of nitrogens with one attached hydrogen (secondary N) is 1. The van der Waals surface area contributed by atoms with E-state index in [0.29, 0.717) is 6.54 Å². The number of hydrogen-bond acceptors (Lipinski definition) is 2. The Morgan fingerprint density at radius 3 is 2.60 bits per heavy atom. The van der Waals surface area contributed by atoms with Gasteiger partial charge in [-0.1, -0.05) is 12.2 Å². The first-order chi connectivity index (χ1) is 4.72. The number of carbonyl (C=O) groups is 1. The minimum absolute atomic E-state index is 0.0804. The third-order valence-corrected chi connectivity index (χ3v) is 1.16. The molecule has 0 aromatic rings. The highest BCUT2D eigenvalue weighted by Gasteiger charge is 2.05. The van der Waals surface area contributed by atoms with Crippen LogP contribution in [0.2, 0.25) is 0 Å². The largest absolute Gasteiger partial charge is 0.301 e. The average Bonchev–Trinajstić information content (AvgIpc) is 1.89. The van der Waals surface area contributed by atoms with Gasteiger partial charge < -0.3 is 5.32 Å². The highest BCUT2D eigenvalue weighted by molar-refractivity contribution is 5.83. The second-order valence-corrected chi connectivity index (χ2v) is 2.02. The third-order valence-electron chi connectivity index (χ3n) is 1.16. The lowest BCUT2D eigenvalue weighted by molar-refractivity contribution is -0.117. The highest BCUT2D eigenvalue weighted by atomic mass is 16.3. The zero-order chi connectivity index (χ0) is 7.98. The molecule has 0 aliphatic rings. The number of carbonyl (C=O) groups excluding carboxylic acids is 1. The lowest BCUT2D eigenvalue weighted by Gasteiger charge is -2.07. The molecule has 0 amide bonds. The van der Waals surface area contributed by atoms with Crippen molar-refractivity contribution in [1.82, 2.24) is 5.32 Å². The Labute approximate surface area is 61.6 Å². The molecule has 2 heteroatoms. The quantitative estimate of drug-likeness (QED) is 0.579. The van der Waals surface area contributed by atoms with E-state index in [9.17, 15) is 4.79 Å². The predicted octanol–water partition coefficient (Wildman–Crippen LogP) is 0.906. The summed E-state index contributed by atoms with van der Waals surface area (Å²) in [6, 6.07) is -0.224. The van der Waals surface area contributed by atoms with Crippen LogP contribution in [0.15, 0.2) is 25.3 Å². The Bertz CT molecular complexity index is 140. The highest BCUT2D eigenvalue weighted by Crippen LogP contribution is 1.85. The first-order valence-electron chi connectivity index (χ1n) is 3.19. The molecule has 10 heavy (non-hydrogen) atoms. The second kappa shape index (κ2) is 4.94. The van der Waals surface area contributed by atoms with E-state index in [-0.39, 0.29) is 11.8 Å². The Kier molecular flexibility index (Phi) is 4.50. The van der Waals surface area contributed by atoms with E-state index in [1.165, 1.54) is 6.92 Å². The summed E-state index contributed by atoms with van der Waals surface area (Å²) in [6.07, 6.45) is 3.30. The Hall–Kier alpha value is -0.890. The lowest BCUT2D eigenvalue weighted by atomic mass is 10.5. The van der Waals surface area contributed by atoms with Gasteiger partial charge in [-0.15, -0.1) is 13.2 Å². The molecule has 0 aliphatic carbocycles. The second-order valence-electron chi connectivity index (χ2n) is 2.02. The van der Waals surface area contributed by atoms with Crippen LogP contribution in [0.3, 0.4) is 0 Å². The number of Topliss-reactive ketones (excluding diaryl/α,β-unsaturated/α-hetero) is 1. The van der Waals surface area contributed by atoms with Crippen molar-refractivity contribution in [3.05, 3.63) is 25.3 Å². The molecule has 56 valence electrons. The van der Waals surface area contributed by atoms with Gasteiger partial charge in [0.1, 0.15) is 0 Å². The molecule has 0 aliphatic heterocycles. The van der Waals surface area contributed by atoms with Crippen molar-refractivity contribution in [3.8, 4) is 0 Å². The van der Waals surface area contributed by atoms with Gasteiger partial charge in [0.25, 0.3) is 0 Å². The molecule has 2 nitrogen and oxygen atoms in total. The van der Waals surface area contributed by atoms with Crippen LogP contribution in [0.1, 0.15) is 6.92 Å². The normalized spacial score (nSPS) is 12.1. The van der Waals surface area contributed by atoms with Gasteiger partial charge in [-0.3, -0.25) is 4.79 Å². The van der Waals surface area contributed by atoms with Crippen molar-refractivity contribution in [2.75, 3.05) is 6.54 Å². The van der Waals surface area contributed by atoms with Crippen molar-refractivity contribution < 1.29 is 4.79 Å². The molecule has 0 aromatic heterocycles. The number of ketones is 1. The van der Waals surface area contributed by atoms with E-state index in [4.69, 9.17) is 0 Å². The summed E-state index contributed by atoms with van der Waals surface area (Å²) < 4.78 is 0. The fraction of sp³-hybridized carbons (Fsp3) is 0.375. The van der Waals surface area contributed by atoms with E-state index >= 15 is 0 Å². The molecule has 0 bridgehead atoms. The fourth-order valence-corrected chi connectivity index (χ4v) is 0.603. The van der Waals surface area contributed by atoms with Crippen LogP contribution in [0.4, 0.5) is 0 Å². The smallest absolute Gasteiger partial charge is 0.150 e. The molecule has 1 unspecified atom stereocenters. The Morgan fingerprint density at radius 1 is 1.70 bits per heavy atom. The summed E-state index contributed by atoms with van der Waals surface area (Å²) in [4.78, 5) is 10.7. The SMILES string of the molecule is C=C[14CH2]NC(C=C)[14C](C)=O. The summed E-state index contributed by atoms with van der Waals surface area (Å²) in [7, 11) is 0. The summed E-state index contributed by atoms with van der Waals surface area (Å²) in [5, 5.41) is 2.93.